The van der Waals surface area contributed by atoms with Crippen LogP contribution in [-0.4, -0.2) is 55.3 Å². The summed E-state index contributed by atoms with van der Waals surface area (Å²) in [4.78, 5) is 30.8. The Morgan fingerprint density at radius 3 is 2.97 bits per heavy atom. The van der Waals surface area contributed by atoms with Gasteiger partial charge < -0.3 is 20.5 Å². The summed E-state index contributed by atoms with van der Waals surface area (Å²) in [7, 11) is 0. The third kappa shape index (κ3) is 3.83. The van der Waals surface area contributed by atoms with Gasteiger partial charge in [0.2, 0.25) is 0 Å². The number of hydrogen-bond donors (Lipinski definition) is 2. The number of fused-ring (bicyclic) bond motifs is 2. The molecule has 3 N–H and O–H groups in total. The summed E-state index contributed by atoms with van der Waals surface area (Å²) in [6.45, 7) is 2.63. The molecule has 0 fully saturated rings. The average molecular weight is 409 g/mol. The molecule has 0 aromatic carbocycles. The molecule has 0 saturated carbocycles. The number of nitrogen functional groups attached to an aromatic ring is 1. The van der Waals surface area contributed by atoms with Crippen molar-refractivity contribution in [2.45, 2.75) is 19.9 Å². The number of hydrogen-bond acceptors (Lipinski definition) is 8. The first-order chi connectivity index (χ1) is 14.5. The number of carboxylic acid groups (broad SMARTS) is 1. The molecular formula is C19H19N7O4. The number of anilines is 1. The van der Waals surface area contributed by atoms with Crippen LogP contribution < -0.4 is 5.73 Å². The van der Waals surface area contributed by atoms with E-state index in [1.54, 1.807) is 22.5 Å². The molecule has 0 bridgehead atoms. The Bertz CT molecular complexity index is 1140. The molecule has 154 valence electrons. The summed E-state index contributed by atoms with van der Waals surface area (Å²) >= 11 is 0. The summed E-state index contributed by atoms with van der Waals surface area (Å²) in [6, 6.07) is 5.85. The molecule has 0 saturated heterocycles. The van der Waals surface area contributed by atoms with E-state index in [0.717, 1.165) is 16.8 Å². The molecule has 1 aliphatic rings. The second-order valence-electron chi connectivity index (χ2n) is 6.24. The Kier molecular flexibility index (Phi) is 6.07. The molecule has 0 unspecified atom stereocenters. The zero-order chi connectivity index (χ0) is 21.7. The molecule has 4 heterocycles. The van der Waals surface area contributed by atoms with E-state index in [9.17, 15) is 10.1 Å². The third-order valence-corrected chi connectivity index (χ3v) is 4.59. The Labute approximate surface area is 171 Å². The van der Waals surface area contributed by atoms with Crippen molar-refractivity contribution < 1.29 is 19.4 Å². The summed E-state index contributed by atoms with van der Waals surface area (Å²) in [6.07, 6.45) is 3.40. The number of aromatic nitrogens is 4. The number of carbonyl (C=O) groups excluding carboxylic acids is 1. The average Bonchev–Trinajstić information content (AvgIpc) is 3.21. The maximum absolute atomic E-state index is 12.2. The summed E-state index contributed by atoms with van der Waals surface area (Å²) in [5, 5.41) is 20.7. The van der Waals surface area contributed by atoms with Crippen LogP contribution in [0, 0.1) is 11.3 Å². The van der Waals surface area contributed by atoms with Crippen molar-refractivity contribution in [3.8, 4) is 17.2 Å². The first-order valence-electron chi connectivity index (χ1n) is 9.04. The van der Waals surface area contributed by atoms with Gasteiger partial charge in [0.25, 0.3) is 6.47 Å². The van der Waals surface area contributed by atoms with Crippen LogP contribution in [0.4, 0.5) is 10.6 Å². The van der Waals surface area contributed by atoms with Gasteiger partial charge in [-0.2, -0.15) is 10.4 Å². The predicted octanol–water partition coefficient (Wildman–Crippen LogP) is 1.46. The number of nitrogens with zero attached hydrogens (tertiary/aromatic N) is 6. The third-order valence-electron chi connectivity index (χ3n) is 4.59. The molecule has 30 heavy (non-hydrogen) atoms. The fourth-order valence-corrected chi connectivity index (χ4v) is 3.35. The SMILES string of the molecule is CCOC(=O)N1CCc2nc(N)c(C#N)c(-c3ccn4ncnc4c3)c2C1.O=CO. The smallest absolute Gasteiger partial charge is 0.410 e. The summed E-state index contributed by atoms with van der Waals surface area (Å²) < 4.78 is 6.76. The van der Waals surface area contributed by atoms with Gasteiger partial charge >= 0.3 is 6.09 Å². The molecule has 1 amide bonds. The summed E-state index contributed by atoms with van der Waals surface area (Å²) in [5.41, 5.74) is 10.1. The van der Waals surface area contributed by atoms with E-state index in [-0.39, 0.29) is 18.4 Å². The second-order valence-corrected chi connectivity index (χ2v) is 6.24. The molecular weight excluding hydrogens is 390 g/mol. The fraction of sp³-hybridized carbons (Fsp3) is 0.263. The number of nitrogens with two attached hydrogens (primary N) is 1. The largest absolute Gasteiger partial charge is 0.483 e. The molecule has 0 atom stereocenters. The number of amides is 1. The van der Waals surface area contributed by atoms with Crippen LogP contribution in [0.25, 0.3) is 16.8 Å². The van der Waals surface area contributed by atoms with Crippen molar-refractivity contribution in [1.82, 2.24) is 24.5 Å². The van der Waals surface area contributed by atoms with E-state index in [1.807, 2.05) is 12.1 Å². The lowest BCUT2D eigenvalue weighted by Gasteiger charge is -2.29. The molecule has 0 radical (unpaired) electrons. The lowest BCUT2D eigenvalue weighted by Crippen LogP contribution is -2.37. The van der Waals surface area contributed by atoms with Gasteiger partial charge in [0.05, 0.1) is 18.8 Å². The molecule has 11 heteroatoms. The standard InChI is InChI=1S/C18H17N7O2.CH2O2/c1-2-27-18(26)24-5-4-14-13(9-24)16(12(8-19)17(20)23-14)11-3-6-25-15(7-11)21-10-22-25;2-1-3/h3,6-7,10H,2,4-5,9H2,1H3,(H2,20,23);1H,(H,2,3). The highest BCUT2D eigenvalue weighted by atomic mass is 16.6. The molecule has 3 aromatic rings. The Hall–Kier alpha value is -4.20. The van der Waals surface area contributed by atoms with Gasteiger partial charge in [-0.3, -0.25) is 4.79 Å². The lowest BCUT2D eigenvalue weighted by atomic mass is 9.91. The highest BCUT2D eigenvalue weighted by molar-refractivity contribution is 5.81. The second kappa shape index (κ2) is 8.87. The Morgan fingerprint density at radius 1 is 1.50 bits per heavy atom. The first kappa shape index (κ1) is 20.5. The molecule has 4 rings (SSSR count). The van der Waals surface area contributed by atoms with Crippen LogP contribution in [0.5, 0.6) is 0 Å². The fourth-order valence-electron chi connectivity index (χ4n) is 3.35. The molecule has 11 nitrogen and oxygen atoms in total. The van der Waals surface area contributed by atoms with E-state index < -0.39 is 0 Å². The molecule has 1 aliphatic heterocycles. The number of ether oxygens (including phenoxy) is 1. The first-order valence-corrected chi connectivity index (χ1v) is 9.04. The highest BCUT2D eigenvalue weighted by Gasteiger charge is 2.28. The topological polar surface area (TPSA) is 160 Å². The van der Waals surface area contributed by atoms with Crippen molar-refractivity contribution >= 4 is 24.0 Å². The van der Waals surface area contributed by atoms with Crippen LogP contribution in [0.1, 0.15) is 23.7 Å². The number of nitriles is 1. The Balaban J connectivity index is 0.000000806. The van der Waals surface area contributed by atoms with Crippen molar-refractivity contribution in [2.75, 3.05) is 18.9 Å². The van der Waals surface area contributed by atoms with Crippen LogP contribution in [0.2, 0.25) is 0 Å². The van der Waals surface area contributed by atoms with Crippen molar-refractivity contribution in [2.24, 2.45) is 0 Å². The maximum atomic E-state index is 12.2. The van der Waals surface area contributed by atoms with Gasteiger partial charge in [0.15, 0.2) is 5.65 Å². The summed E-state index contributed by atoms with van der Waals surface area (Å²) in [5.74, 6) is 0.192. The zero-order valence-electron chi connectivity index (χ0n) is 16.1. The zero-order valence-corrected chi connectivity index (χ0v) is 16.1. The maximum Gasteiger partial charge on any atom is 0.410 e. The molecule has 0 spiro atoms. The minimum Gasteiger partial charge on any atom is -0.483 e. The van der Waals surface area contributed by atoms with E-state index in [4.69, 9.17) is 20.4 Å². The minimum absolute atomic E-state index is 0.192. The van der Waals surface area contributed by atoms with Crippen LogP contribution in [-0.2, 0) is 22.5 Å². The van der Waals surface area contributed by atoms with Gasteiger partial charge in [0.1, 0.15) is 23.8 Å². The minimum atomic E-state index is -0.377. The molecule has 0 aliphatic carbocycles. The number of rotatable bonds is 2. The van der Waals surface area contributed by atoms with Crippen molar-refractivity contribution in [1.29, 1.82) is 5.26 Å². The van der Waals surface area contributed by atoms with Crippen molar-refractivity contribution in [3.63, 3.8) is 0 Å². The van der Waals surface area contributed by atoms with Gasteiger partial charge in [-0.05, 0) is 24.6 Å². The van der Waals surface area contributed by atoms with Gasteiger partial charge in [-0.1, -0.05) is 0 Å². The number of pyridine rings is 2. The monoisotopic (exact) mass is 409 g/mol. The molecule has 3 aromatic heterocycles. The van der Waals surface area contributed by atoms with E-state index in [2.05, 4.69) is 21.1 Å². The Morgan fingerprint density at radius 2 is 2.27 bits per heavy atom. The lowest BCUT2D eigenvalue weighted by molar-refractivity contribution is -0.122. The van der Waals surface area contributed by atoms with Crippen molar-refractivity contribution in [3.05, 3.63) is 41.5 Å². The van der Waals surface area contributed by atoms with E-state index in [1.165, 1.54) is 6.33 Å². The normalized spacial score (nSPS) is 12.3. The predicted molar refractivity (Wildman–Crippen MR) is 105 cm³/mol. The number of carbonyl (C=O) groups is 2. The van der Waals surface area contributed by atoms with Gasteiger partial charge in [-0.25, -0.2) is 19.3 Å². The van der Waals surface area contributed by atoms with E-state index >= 15 is 0 Å². The van der Waals surface area contributed by atoms with Crippen LogP contribution in [0.3, 0.4) is 0 Å². The highest BCUT2D eigenvalue weighted by Crippen LogP contribution is 2.35. The van der Waals surface area contributed by atoms with E-state index in [0.29, 0.717) is 42.9 Å². The van der Waals surface area contributed by atoms with Gasteiger partial charge in [-0.15, -0.1) is 0 Å². The van der Waals surface area contributed by atoms with Crippen LogP contribution in [0.15, 0.2) is 24.7 Å². The van der Waals surface area contributed by atoms with Gasteiger partial charge in [0, 0.05) is 30.3 Å². The van der Waals surface area contributed by atoms with Crippen LogP contribution >= 0.6 is 0 Å². The quantitative estimate of drug-likeness (QED) is 0.597.